The van der Waals surface area contributed by atoms with Gasteiger partial charge in [0.25, 0.3) is 16.0 Å². The highest BCUT2D eigenvalue weighted by atomic mass is 32.2. The highest BCUT2D eigenvalue weighted by molar-refractivity contribution is 7.92. The molecule has 2 rings (SSSR count). The number of nitrogens with zero attached hydrogens (tertiary/aromatic N) is 2. The van der Waals surface area contributed by atoms with E-state index in [2.05, 4.69) is 19.9 Å². The second-order valence-electron chi connectivity index (χ2n) is 3.43. The quantitative estimate of drug-likeness (QED) is 0.852. The average Bonchev–Trinajstić information content (AvgIpc) is 2.86. The Morgan fingerprint density at radius 1 is 1.47 bits per heavy atom. The fourth-order valence-corrected chi connectivity index (χ4v) is 2.15. The first-order chi connectivity index (χ1) is 8.01. The number of hydrogen-bond donors (Lipinski definition) is 2. The van der Waals surface area contributed by atoms with Crippen LogP contribution in [0, 0.1) is 6.92 Å². The number of anilines is 1. The molecule has 0 aliphatic heterocycles. The standard InChI is InChI=1S/C9H12N4O3S/c1-3-7-10-9(12-11-7)13-17(14,15)8-5-4-6(2)16-8/h4-5H,3H2,1-2H3,(H2,10,11,12,13). The van der Waals surface area contributed by atoms with Crippen molar-refractivity contribution in [2.24, 2.45) is 0 Å². The third-order valence-corrected chi connectivity index (χ3v) is 3.27. The summed E-state index contributed by atoms with van der Waals surface area (Å²) in [5.74, 6) is 1.14. The summed E-state index contributed by atoms with van der Waals surface area (Å²) in [4.78, 5) is 3.95. The van der Waals surface area contributed by atoms with Gasteiger partial charge in [0.2, 0.25) is 5.09 Å². The summed E-state index contributed by atoms with van der Waals surface area (Å²) in [6.45, 7) is 3.55. The third-order valence-electron chi connectivity index (χ3n) is 2.07. The molecule has 0 fully saturated rings. The minimum absolute atomic E-state index is 0.0101. The van der Waals surface area contributed by atoms with Crippen LogP contribution < -0.4 is 4.72 Å². The van der Waals surface area contributed by atoms with Crippen LogP contribution in [-0.2, 0) is 16.4 Å². The molecule has 0 saturated carbocycles. The Bertz CT molecular complexity index is 614. The van der Waals surface area contributed by atoms with Gasteiger partial charge in [-0.3, -0.25) is 5.10 Å². The van der Waals surface area contributed by atoms with Crippen molar-refractivity contribution in [2.45, 2.75) is 25.4 Å². The average molecular weight is 256 g/mol. The van der Waals surface area contributed by atoms with E-state index in [0.717, 1.165) is 0 Å². The van der Waals surface area contributed by atoms with Gasteiger partial charge in [-0.2, -0.15) is 13.4 Å². The maximum Gasteiger partial charge on any atom is 0.297 e. The van der Waals surface area contributed by atoms with Gasteiger partial charge in [0.1, 0.15) is 11.6 Å². The van der Waals surface area contributed by atoms with Crippen LogP contribution in [0.4, 0.5) is 5.95 Å². The van der Waals surface area contributed by atoms with Gasteiger partial charge >= 0.3 is 0 Å². The van der Waals surface area contributed by atoms with E-state index >= 15 is 0 Å². The summed E-state index contributed by atoms with van der Waals surface area (Å²) >= 11 is 0. The number of hydrogen-bond acceptors (Lipinski definition) is 5. The molecule has 2 heterocycles. The van der Waals surface area contributed by atoms with Crippen molar-refractivity contribution in [3.8, 4) is 0 Å². The number of sulfonamides is 1. The molecule has 0 radical (unpaired) electrons. The number of furan rings is 1. The van der Waals surface area contributed by atoms with Gasteiger partial charge in [-0.1, -0.05) is 6.92 Å². The molecule has 7 nitrogen and oxygen atoms in total. The monoisotopic (exact) mass is 256 g/mol. The SMILES string of the molecule is CCc1nc(NS(=O)(=O)c2ccc(C)o2)n[nH]1. The van der Waals surface area contributed by atoms with E-state index in [0.29, 0.717) is 18.0 Å². The lowest BCUT2D eigenvalue weighted by Crippen LogP contribution is -2.13. The van der Waals surface area contributed by atoms with Crippen molar-refractivity contribution < 1.29 is 12.8 Å². The second kappa shape index (κ2) is 4.21. The third kappa shape index (κ3) is 2.47. The Balaban J connectivity index is 2.23. The summed E-state index contributed by atoms with van der Waals surface area (Å²) in [7, 11) is -3.75. The van der Waals surface area contributed by atoms with Crippen molar-refractivity contribution in [1.82, 2.24) is 15.2 Å². The Hall–Kier alpha value is -1.83. The first-order valence-corrected chi connectivity index (χ1v) is 6.50. The fourth-order valence-electron chi connectivity index (χ4n) is 1.23. The van der Waals surface area contributed by atoms with Crippen molar-refractivity contribution in [3.63, 3.8) is 0 Å². The molecule has 17 heavy (non-hydrogen) atoms. The molecule has 0 aliphatic carbocycles. The van der Waals surface area contributed by atoms with Crippen molar-refractivity contribution >= 4 is 16.0 Å². The highest BCUT2D eigenvalue weighted by Crippen LogP contribution is 2.15. The predicted octanol–water partition coefficient (Wildman–Crippen LogP) is 1.07. The smallest absolute Gasteiger partial charge is 0.297 e. The van der Waals surface area contributed by atoms with Crippen LogP contribution >= 0.6 is 0 Å². The lowest BCUT2D eigenvalue weighted by Gasteiger charge is -1.99. The fraction of sp³-hybridized carbons (Fsp3) is 0.333. The van der Waals surface area contributed by atoms with Crippen LogP contribution in [0.5, 0.6) is 0 Å². The van der Waals surface area contributed by atoms with E-state index in [-0.39, 0.29) is 11.0 Å². The first kappa shape index (κ1) is 11.6. The molecular weight excluding hydrogens is 244 g/mol. The number of aromatic amines is 1. The molecule has 2 aromatic heterocycles. The second-order valence-corrected chi connectivity index (χ2v) is 5.04. The maximum absolute atomic E-state index is 11.8. The van der Waals surface area contributed by atoms with Gasteiger partial charge in [0.15, 0.2) is 0 Å². The first-order valence-electron chi connectivity index (χ1n) is 5.02. The predicted molar refractivity (Wildman–Crippen MR) is 60.0 cm³/mol. The summed E-state index contributed by atoms with van der Waals surface area (Å²) < 4.78 is 30.9. The molecular formula is C9H12N4O3S. The zero-order valence-corrected chi connectivity index (χ0v) is 10.2. The van der Waals surface area contributed by atoms with Crippen LogP contribution in [0.2, 0.25) is 0 Å². The molecule has 0 atom stereocenters. The molecule has 0 aliphatic rings. The largest absolute Gasteiger partial charge is 0.448 e. The van der Waals surface area contributed by atoms with E-state index < -0.39 is 10.0 Å². The van der Waals surface area contributed by atoms with Crippen LogP contribution in [0.25, 0.3) is 0 Å². The Morgan fingerprint density at radius 2 is 2.24 bits per heavy atom. The van der Waals surface area contributed by atoms with E-state index in [1.807, 2.05) is 6.92 Å². The van der Waals surface area contributed by atoms with Gasteiger partial charge in [-0.15, -0.1) is 5.10 Å². The molecule has 0 spiro atoms. The maximum atomic E-state index is 11.8. The van der Waals surface area contributed by atoms with E-state index in [1.54, 1.807) is 13.0 Å². The number of H-pyrrole nitrogens is 1. The minimum Gasteiger partial charge on any atom is -0.448 e. The summed E-state index contributed by atoms with van der Waals surface area (Å²) in [6, 6.07) is 2.95. The summed E-state index contributed by atoms with van der Waals surface area (Å²) in [5, 5.41) is 6.20. The van der Waals surface area contributed by atoms with E-state index in [9.17, 15) is 8.42 Å². The molecule has 0 saturated heterocycles. The summed E-state index contributed by atoms with van der Waals surface area (Å²) in [5.41, 5.74) is 0. The van der Waals surface area contributed by atoms with Crippen molar-refractivity contribution in [3.05, 3.63) is 23.7 Å². The zero-order chi connectivity index (χ0) is 12.5. The van der Waals surface area contributed by atoms with Gasteiger partial charge < -0.3 is 4.42 Å². The Kier molecular flexibility index (Phi) is 2.88. The van der Waals surface area contributed by atoms with Crippen LogP contribution in [0.3, 0.4) is 0 Å². The van der Waals surface area contributed by atoms with Gasteiger partial charge in [-0.25, -0.2) is 4.72 Å². The number of aromatic nitrogens is 3. The molecule has 8 heteroatoms. The Morgan fingerprint density at radius 3 is 2.76 bits per heavy atom. The molecule has 0 aromatic carbocycles. The zero-order valence-electron chi connectivity index (χ0n) is 9.39. The lowest BCUT2D eigenvalue weighted by molar-refractivity contribution is 0.430. The number of rotatable bonds is 4. The number of aryl methyl sites for hydroxylation is 2. The van der Waals surface area contributed by atoms with E-state index in [4.69, 9.17) is 4.42 Å². The molecule has 0 amide bonds. The van der Waals surface area contributed by atoms with Crippen LogP contribution in [-0.4, -0.2) is 23.6 Å². The molecule has 0 bridgehead atoms. The van der Waals surface area contributed by atoms with Crippen molar-refractivity contribution in [1.29, 1.82) is 0 Å². The van der Waals surface area contributed by atoms with Crippen LogP contribution in [0.1, 0.15) is 18.5 Å². The van der Waals surface area contributed by atoms with Gasteiger partial charge in [-0.05, 0) is 19.1 Å². The van der Waals surface area contributed by atoms with E-state index in [1.165, 1.54) is 6.07 Å². The highest BCUT2D eigenvalue weighted by Gasteiger charge is 2.20. The van der Waals surface area contributed by atoms with Gasteiger partial charge in [0, 0.05) is 6.42 Å². The molecule has 2 N–H and O–H groups in total. The molecule has 92 valence electrons. The molecule has 2 aromatic rings. The normalized spacial score (nSPS) is 11.6. The lowest BCUT2D eigenvalue weighted by atomic mass is 10.5. The topological polar surface area (TPSA) is 101 Å². The van der Waals surface area contributed by atoms with Gasteiger partial charge in [0.05, 0.1) is 0 Å². The molecule has 0 unspecified atom stereocenters. The Labute approximate surface area is 98.3 Å². The van der Waals surface area contributed by atoms with Crippen molar-refractivity contribution in [2.75, 3.05) is 4.72 Å². The van der Waals surface area contributed by atoms with Crippen LogP contribution in [0.15, 0.2) is 21.6 Å². The minimum atomic E-state index is -3.75. The summed E-state index contributed by atoms with van der Waals surface area (Å²) in [6.07, 6.45) is 0.647. The number of nitrogens with one attached hydrogen (secondary N) is 2.